The first-order valence-electron chi connectivity index (χ1n) is 12.1. The van der Waals surface area contributed by atoms with Gasteiger partial charge < -0.3 is 155 Å². The Morgan fingerprint density at radius 3 is 0.362 bits per heavy atom. The van der Waals surface area contributed by atoms with Gasteiger partial charge in [0.25, 0.3) is 0 Å². The summed E-state index contributed by atoms with van der Waals surface area (Å²) in [6.45, 7) is 0. The zero-order chi connectivity index (χ0) is 49.4. The fraction of sp³-hybridized carbons (Fsp3) is 0. The molecular formula is C12H10B9F36S-9. The lowest BCUT2D eigenvalue weighted by Crippen LogP contribution is -2.02. The van der Waals surface area contributed by atoms with Crippen LogP contribution >= 0.6 is 11.8 Å². The van der Waals surface area contributed by atoms with Crippen LogP contribution < -0.4 is 0 Å². The molecule has 2 aromatic rings. The van der Waals surface area contributed by atoms with Gasteiger partial charge in [-0.3, -0.25) is 0 Å². The second-order valence-corrected chi connectivity index (χ2v) is 8.33. The van der Waals surface area contributed by atoms with Crippen LogP contribution in [0.4, 0.5) is 155 Å². The predicted octanol–water partition coefficient (Wildman–Crippen LogP) is 15.5. The average molecular weight is 968 g/mol. The Morgan fingerprint density at radius 1 is 0.190 bits per heavy atom. The van der Waals surface area contributed by atoms with Gasteiger partial charge in [0, 0.05) is 9.79 Å². The molecule has 0 unspecified atom stereocenters. The van der Waals surface area contributed by atoms with Gasteiger partial charge >= 0.3 is 65.3 Å². The topological polar surface area (TPSA) is 0 Å². The molecule has 0 nitrogen and oxygen atoms in total. The van der Waals surface area contributed by atoms with E-state index in [0.717, 1.165) is 0 Å². The molecule has 0 amide bonds. The zero-order valence-corrected chi connectivity index (χ0v) is 26.8. The first-order valence-corrected chi connectivity index (χ1v) is 12.9. The highest BCUT2D eigenvalue weighted by molar-refractivity contribution is 7.99. The minimum Gasteiger partial charge on any atom is -0.418 e. The van der Waals surface area contributed by atoms with Crippen LogP contribution in [0.25, 0.3) is 0 Å². The van der Waals surface area contributed by atoms with Gasteiger partial charge in [-0.05, 0) is 24.3 Å². The maximum atomic E-state index is 9.75. The fourth-order valence-electron chi connectivity index (χ4n) is 1.11. The third-order valence-corrected chi connectivity index (χ3v) is 2.74. The first kappa shape index (κ1) is 72.5. The third-order valence-electron chi connectivity index (χ3n) is 1.72. The van der Waals surface area contributed by atoms with Crippen molar-refractivity contribution in [3.63, 3.8) is 0 Å². The predicted molar refractivity (Wildman–Crippen MR) is 149 cm³/mol. The number of benzene rings is 2. The number of halogens is 36. The Morgan fingerprint density at radius 2 is 0.276 bits per heavy atom. The molecule has 0 fully saturated rings. The van der Waals surface area contributed by atoms with Crippen molar-refractivity contribution in [2.75, 3.05) is 0 Å². The lowest BCUT2D eigenvalue weighted by molar-refractivity contribution is 0.366. The third kappa shape index (κ3) is 500. The van der Waals surface area contributed by atoms with Gasteiger partial charge in [0.2, 0.25) is 0 Å². The van der Waals surface area contributed by atoms with Crippen LogP contribution in [0, 0.1) is 0 Å². The molecule has 0 aliphatic carbocycles. The Bertz CT molecular complexity index is 885. The molecule has 0 saturated carbocycles. The fourth-order valence-corrected chi connectivity index (χ4v) is 1.97. The summed E-state index contributed by atoms with van der Waals surface area (Å²) in [4.78, 5) is 2.57. The van der Waals surface area contributed by atoms with E-state index in [-0.39, 0.29) is 0 Å². The molecule has 2 rings (SSSR count). The van der Waals surface area contributed by atoms with Crippen LogP contribution in [0.2, 0.25) is 0 Å². The van der Waals surface area contributed by atoms with Crippen molar-refractivity contribution < 1.29 is 155 Å². The standard InChI is InChI=1S/C12H10S.9BF4/c1-3-7-11(8-4-1)13-12-9-5-2-6-10-12;9*2-1(3,4)5/h1-10H;;;;;;;;;/q;9*-1. The molecule has 2 aromatic carbocycles. The zero-order valence-electron chi connectivity index (χ0n) is 26.0. The number of rotatable bonds is 2. The summed E-state index contributed by atoms with van der Waals surface area (Å²) in [6, 6.07) is 20.8. The summed E-state index contributed by atoms with van der Waals surface area (Å²) < 4.78 is 351. The maximum absolute atomic E-state index is 9.75. The van der Waals surface area contributed by atoms with E-state index in [1.165, 1.54) is 9.79 Å². The molecule has 46 heteroatoms. The Balaban J connectivity index is -0.0000000825. The van der Waals surface area contributed by atoms with E-state index in [9.17, 15) is 155 Å². The molecule has 0 heterocycles. The summed E-state index contributed by atoms with van der Waals surface area (Å²) in [6.07, 6.45) is 0. The van der Waals surface area contributed by atoms with Gasteiger partial charge in [0.05, 0.1) is 0 Å². The van der Waals surface area contributed by atoms with Gasteiger partial charge in [-0.25, -0.2) is 0 Å². The summed E-state index contributed by atoms with van der Waals surface area (Å²) in [5.41, 5.74) is 0. The summed E-state index contributed by atoms with van der Waals surface area (Å²) in [7, 11) is -54.0. The molecular weight excluding hydrogens is 957 g/mol. The molecule has 0 aliphatic rings. The van der Waals surface area contributed by atoms with E-state index in [4.69, 9.17) is 0 Å². The van der Waals surface area contributed by atoms with E-state index in [0.29, 0.717) is 0 Å². The molecule has 352 valence electrons. The molecule has 0 radical (unpaired) electrons. The highest BCUT2D eigenvalue weighted by atomic mass is 32.2. The van der Waals surface area contributed by atoms with Gasteiger partial charge in [0.1, 0.15) is 0 Å². The smallest absolute Gasteiger partial charge is 0.418 e. The van der Waals surface area contributed by atoms with Crippen molar-refractivity contribution in [3.8, 4) is 0 Å². The Kier molecular flexibility index (Phi) is 40.8. The molecule has 0 saturated heterocycles. The molecule has 0 N–H and O–H groups in total. The quantitative estimate of drug-likeness (QED) is 0.213. The van der Waals surface area contributed by atoms with Crippen LogP contribution in [0.5, 0.6) is 0 Å². The molecule has 0 bridgehead atoms. The molecule has 0 aromatic heterocycles. The van der Waals surface area contributed by atoms with Crippen molar-refractivity contribution in [1.82, 2.24) is 0 Å². The molecule has 58 heavy (non-hydrogen) atoms. The molecule has 0 spiro atoms. The van der Waals surface area contributed by atoms with Crippen LogP contribution in [0.1, 0.15) is 0 Å². The lowest BCUT2D eigenvalue weighted by Gasteiger charge is -1.99. The maximum Gasteiger partial charge on any atom is 0.673 e. The van der Waals surface area contributed by atoms with Crippen molar-refractivity contribution in [2.24, 2.45) is 0 Å². The van der Waals surface area contributed by atoms with Crippen LogP contribution in [0.15, 0.2) is 70.5 Å². The van der Waals surface area contributed by atoms with Gasteiger partial charge in [0.15, 0.2) is 0 Å². The minimum atomic E-state index is -6.00. The second kappa shape index (κ2) is 32.7. The van der Waals surface area contributed by atoms with E-state index in [1.807, 2.05) is 12.1 Å². The summed E-state index contributed by atoms with van der Waals surface area (Å²) in [5.74, 6) is 0. The van der Waals surface area contributed by atoms with E-state index in [2.05, 4.69) is 48.5 Å². The highest BCUT2D eigenvalue weighted by Crippen LogP contribution is 2.26. The van der Waals surface area contributed by atoms with Crippen molar-refractivity contribution in [3.05, 3.63) is 60.7 Å². The monoisotopic (exact) mass is 969 g/mol. The van der Waals surface area contributed by atoms with Crippen LogP contribution in [-0.2, 0) is 0 Å². The average Bonchev–Trinajstić information content (AvgIpc) is 2.76. The van der Waals surface area contributed by atoms with E-state index < -0.39 is 65.3 Å². The van der Waals surface area contributed by atoms with Crippen molar-refractivity contribution in [1.29, 1.82) is 0 Å². The molecule has 0 aliphatic heterocycles. The van der Waals surface area contributed by atoms with E-state index >= 15 is 0 Å². The minimum absolute atomic E-state index is 1.29. The summed E-state index contributed by atoms with van der Waals surface area (Å²) in [5, 5.41) is 0. The molecule has 0 atom stereocenters. The largest absolute Gasteiger partial charge is 0.673 e. The Hall–Kier alpha value is -3.15. The van der Waals surface area contributed by atoms with Crippen molar-refractivity contribution >= 4 is 77.1 Å². The van der Waals surface area contributed by atoms with Crippen LogP contribution in [-0.4, -0.2) is 65.3 Å². The first-order chi connectivity index (χ1) is 24.4. The van der Waals surface area contributed by atoms with Gasteiger partial charge in [-0.1, -0.05) is 48.2 Å². The van der Waals surface area contributed by atoms with Gasteiger partial charge in [-0.2, -0.15) is 0 Å². The summed E-state index contributed by atoms with van der Waals surface area (Å²) >= 11 is 1.79. The SMILES string of the molecule is F[B-](F)(F)F.F[B-](F)(F)F.F[B-](F)(F)F.F[B-](F)(F)F.F[B-](F)(F)F.F[B-](F)(F)F.F[B-](F)(F)F.F[B-](F)(F)F.F[B-](F)(F)F.c1ccc(Sc2ccccc2)cc1. The number of hydrogen-bond acceptors (Lipinski definition) is 1. The Labute approximate surface area is 303 Å². The van der Waals surface area contributed by atoms with E-state index in [1.54, 1.807) is 11.8 Å². The van der Waals surface area contributed by atoms with Crippen molar-refractivity contribution in [2.45, 2.75) is 9.79 Å². The second-order valence-electron chi connectivity index (χ2n) is 7.18. The number of hydrogen-bond donors (Lipinski definition) is 0. The highest BCUT2D eigenvalue weighted by Gasteiger charge is 2.24. The normalized spacial score (nSPS) is 11.5. The van der Waals surface area contributed by atoms with Crippen LogP contribution in [0.3, 0.4) is 0 Å². The van der Waals surface area contributed by atoms with Gasteiger partial charge in [-0.15, -0.1) is 0 Å². The lowest BCUT2D eigenvalue weighted by atomic mass is 10.3.